The molecule has 1 heterocycles. The van der Waals surface area contributed by atoms with E-state index in [1.807, 2.05) is 6.92 Å². The van der Waals surface area contributed by atoms with Crippen LogP contribution in [-0.2, 0) is 9.53 Å². The van der Waals surface area contributed by atoms with Crippen molar-refractivity contribution >= 4 is 27.9 Å². The molecule has 0 aromatic heterocycles. The summed E-state index contributed by atoms with van der Waals surface area (Å²) >= 11 is 3.51. The molecule has 4 nitrogen and oxygen atoms in total. The largest absolute Gasteiger partial charge is 0.447 e. The number of imide groups is 1. The summed E-state index contributed by atoms with van der Waals surface area (Å²) in [6.07, 6.45) is -0.117. The summed E-state index contributed by atoms with van der Waals surface area (Å²) in [4.78, 5) is 24.5. The number of hydrogen-bond acceptors (Lipinski definition) is 3. The number of rotatable bonds is 4. The normalized spacial score (nSPS) is 19.8. The second-order valence-electron chi connectivity index (χ2n) is 4.45. The Morgan fingerprint density at radius 3 is 2.50 bits per heavy atom. The molecule has 1 fully saturated rings. The maximum atomic E-state index is 11.9. The van der Waals surface area contributed by atoms with Crippen molar-refractivity contribution in [3.63, 3.8) is 0 Å². The summed E-state index contributed by atoms with van der Waals surface area (Å²) in [5.74, 6) is 0.505. The van der Waals surface area contributed by atoms with Crippen LogP contribution in [0.4, 0.5) is 4.79 Å². The zero-order chi connectivity index (χ0) is 12.3. The summed E-state index contributed by atoms with van der Waals surface area (Å²) in [6.45, 7) is 6.90. The summed E-state index contributed by atoms with van der Waals surface area (Å²) in [7, 11) is 0. The van der Waals surface area contributed by atoms with Gasteiger partial charge in [-0.25, -0.2) is 9.69 Å². The van der Waals surface area contributed by atoms with Crippen molar-refractivity contribution < 1.29 is 14.3 Å². The predicted molar refractivity (Wildman–Crippen MR) is 64.4 cm³/mol. The number of cyclic esters (lactones) is 1. The number of nitrogens with zero attached hydrogens (tertiary/aromatic N) is 1. The molecule has 0 aromatic rings. The van der Waals surface area contributed by atoms with Crippen LogP contribution in [0, 0.1) is 11.8 Å². The lowest BCUT2D eigenvalue weighted by Gasteiger charge is -2.24. The van der Waals surface area contributed by atoms with Crippen LogP contribution in [0.1, 0.15) is 27.2 Å². The van der Waals surface area contributed by atoms with Gasteiger partial charge >= 0.3 is 6.09 Å². The minimum atomic E-state index is -0.505. The van der Waals surface area contributed by atoms with E-state index in [0.717, 1.165) is 0 Å². The lowest BCUT2D eigenvalue weighted by molar-refractivity contribution is -0.129. The molecule has 0 aliphatic carbocycles. The van der Waals surface area contributed by atoms with Crippen molar-refractivity contribution in [1.29, 1.82) is 0 Å². The van der Waals surface area contributed by atoms with E-state index in [1.165, 1.54) is 4.90 Å². The molecule has 1 aliphatic rings. The van der Waals surface area contributed by atoms with Gasteiger partial charge in [-0.05, 0) is 11.8 Å². The predicted octanol–water partition coefficient (Wildman–Crippen LogP) is 2.41. The van der Waals surface area contributed by atoms with Crippen LogP contribution < -0.4 is 0 Å². The Kier molecular flexibility index (Phi) is 4.77. The average molecular weight is 292 g/mol. The Bertz CT molecular complexity index is 270. The second kappa shape index (κ2) is 5.66. The highest BCUT2D eigenvalue weighted by Crippen LogP contribution is 2.26. The Labute approximate surface area is 104 Å². The van der Waals surface area contributed by atoms with Gasteiger partial charge in [0.15, 0.2) is 0 Å². The van der Waals surface area contributed by atoms with E-state index in [0.29, 0.717) is 25.5 Å². The first kappa shape index (κ1) is 13.5. The van der Waals surface area contributed by atoms with Gasteiger partial charge in [-0.3, -0.25) is 4.79 Å². The van der Waals surface area contributed by atoms with Gasteiger partial charge in [0.25, 0.3) is 0 Å². The molecule has 5 heteroatoms. The summed E-state index contributed by atoms with van der Waals surface area (Å²) < 4.78 is 4.74. The molecule has 1 saturated heterocycles. The number of amides is 2. The lowest BCUT2D eigenvalue weighted by atomic mass is 9.89. The number of carbonyl (C=O) groups is 2. The van der Waals surface area contributed by atoms with Crippen LogP contribution in [-0.4, -0.2) is 34.9 Å². The van der Waals surface area contributed by atoms with Crippen molar-refractivity contribution in [2.45, 2.75) is 32.0 Å². The average Bonchev–Trinajstić information content (AvgIpc) is 2.59. The Morgan fingerprint density at radius 2 is 2.12 bits per heavy atom. The van der Waals surface area contributed by atoms with E-state index < -0.39 is 6.09 Å². The van der Waals surface area contributed by atoms with Gasteiger partial charge in [0.2, 0.25) is 5.91 Å². The molecule has 0 saturated carbocycles. The van der Waals surface area contributed by atoms with Crippen LogP contribution in [0.2, 0.25) is 0 Å². The molecular weight excluding hydrogens is 274 g/mol. The number of hydrogen-bond donors (Lipinski definition) is 0. The van der Waals surface area contributed by atoms with Crippen LogP contribution in [0.25, 0.3) is 0 Å². The highest BCUT2D eigenvalue weighted by atomic mass is 79.9. The molecule has 2 amide bonds. The fourth-order valence-corrected chi connectivity index (χ4v) is 2.66. The van der Waals surface area contributed by atoms with Gasteiger partial charge in [0, 0.05) is 11.2 Å². The molecule has 92 valence electrons. The molecule has 0 aromatic carbocycles. The molecule has 16 heavy (non-hydrogen) atoms. The summed E-state index contributed by atoms with van der Waals surface area (Å²) in [5, 5.41) is 0. The van der Waals surface area contributed by atoms with Crippen LogP contribution in [0.15, 0.2) is 0 Å². The van der Waals surface area contributed by atoms with E-state index in [1.54, 1.807) is 0 Å². The fraction of sp³-hybridized carbons (Fsp3) is 0.818. The van der Waals surface area contributed by atoms with Crippen molar-refractivity contribution in [3.05, 3.63) is 0 Å². The van der Waals surface area contributed by atoms with Crippen LogP contribution in [0.3, 0.4) is 0 Å². The minimum Gasteiger partial charge on any atom is -0.447 e. The van der Waals surface area contributed by atoms with E-state index in [4.69, 9.17) is 4.74 Å². The molecule has 2 atom stereocenters. The second-order valence-corrected chi connectivity index (χ2v) is 5.89. The Balaban J connectivity index is 2.58. The Morgan fingerprint density at radius 1 is 1.50 bits per heavy atom. The molecule has 0 spiro atoms. The summed E-state index contributed by atoms with van der Waals surface area (Å²) in [5.41, 5.74) is 0. The number of halogens is 1. The van der Waals surface area contributed by atoms with E-state index in [-0.39, 0.29) is 16.7 Å². The van der Waals surface area contributed by atoms with Gasteiger partial charge in [0.1, 0.15) is 6.61 Å². The molecule has 0 N–H and O–H groups in total. The number of ether oxygens (including phenoxy) is 1. The molecule has 1 rings (SSSR count). The van der Waals surface area contributed by atoms with Gasteiger partial charge in [0.05, 0.1) is 6.54 Å². The lowest BCUT2D eigenvalue weighted by Crippen LogP contribution is -2.35. The quantitative estimate of drug-likeness (QED) is 0.748. The van der Waals surface area contributed by atoms with Gasteiger partial charge < -0.3 is 4.74 Å². The monoisotopic (exact) mass is 291 g/mol. The van der Waals surface area contributed by atoms with Crippen LogP contribution in [0.5, 0.6) is 0 Å². The topological polar surface area (TPSA) is 46.6 Å². The van der Waals surface area contributed by atoms with E-state index in [9.17, 15) is 9.59 Å². The van der Waals surface area contributed by atoms with Crippen molar-refractivity contribution in [1.82, 2.24) is 4.90 Å². The minimum absolute atomic E-state index is 0.132. The molecule has 1 aliphatic heterocycles. The first-order valence-electron chi connectivity index (χ1n) is 5.54. The van der Waals surface area contributed by atoms with Crippen molar-refractivity contribution in [3.8, 4) is 0 Å². The molecular formula is C11H18BrNO3. The SMILES string of the molecule is CC(C)[C@H](CC(=O)N1CCOC1=O)[C@H](C)Br. The molecule has 0 unspecified atom stereocenters. The smallest absolute Gasteiger partial charge is 0.416 e. The highest BCUT2D eigenvalue weighted by Gasteiger charge is 2.31. The molecule has 0 radical (unpaired) electrons. The zero-order valence-electron chi connectivity index (χ0n) is 9.90. The maximum absolute atomic E-state index is 11.9. The van der Waals surface area contributed by atoms with E-state index in [2.05, 4.69) is 29.8 Å². The van der Waals surface area contributed by atoms with Crippen molar-refractivity contribution in [2.75, 3.05) is 13.2 Å². The number of alkyl halides is 1. The van der Waals surface area contributed by atoms with Gasteiger partial charge in [-0.2, -0.15) is 0 Å². The maximum Gasteiger partial charge on any atom is 0.416 e. The Hall–Kier alpha value is -0.580. The van der Waals surface area contributed by atoms with E-state index >= 15 is 0 Å². The van der Waals surface area contributed by atoms with Gasteiger partial charge in [-0.1, -0.05) is 36.7 Å². The first-order chi connectivity index (χ1) is 7.43. The molecule has 0 bridgehead atoms. The highest BCUT2D eigenvalue weighted by molar-refractivity contribution is 9.09. The van der Waals surface area contributed by atoms with Gasteiger partial charge in [-0.15, -0.1) is 0 Å². The summed E-state index contributed by atoms with van der Waals surface area (Å²) in [6, 6.07) is 0. The fourth-order valence-electron chi connectivity index (χ4n) is 1.86. The van der Waals surface area contributed by atoms with Crippen LogP contribution >= 0.6 is 15.9 Å². The number of carbonyl (C=O) groups excluding carboxylic acids is 2. The zero-order valence-corrected chi connectivity index (χ0v) is 11.5. The van der Waals surface area contributed by atoms with Crippen molar-refractivity contribution in [2.24, 2.45) is 11.8 Å². The first-order valence-corrected chi connectivity index (χ1v) is 6.46. The third-order valence-corrected chi connectivity index (χ3v) is 3.60. The third kappa shape index (κ3) is 3.20. The third-order valence-electron chi connectivity index (χ3n) is 2.92. The standard InChI is InChI=1S/C11H18BrNO3/c1-7(2)9(8(3)12)6-10(14)13-4-5-16-11(13)15/h7-9H,4-6H2,1-3H3/t8-,9-/m0/s1.